The summed E-state index contributed by atoms with van der Waals surface area (Å²) in [6, 6.07) is 0. The minimum atomic E-state index is -1.29. The van der Waals surface area contributed by atoms with Gasteiger partial charge in [0.25, 0.3) is 0 Å². The molecule has 0 aromatic rings. The topological polar surface area (TPSA) is 40.5 Å². The fourth-order valence-electron chi connectivity index (χ4n) is 0.472. The summed E-state index contributed by atoms with van der Waals surface area (Å²) in [7, 11) is -1.29. The van der Waals surface area contributed by atoms with Crippen LogP contribution in [0.15, 0.2) is 12.1 Å². The van der Waals surface area contributed by atoms with Crippen LogP contribution >= 0.6 is 0 Å². The molecule has 0 saturated carbocycles. The number of rotatable bonds is 3. The van der Waals surface area contributed by atoms with Crippen molar-refractivity contribution in [3.8, 4) is 0 Å². The Hall–Kier alpha value is -0.275. The molecule has 0 amide bonds. The van der Waals surface area contributed by atoms with E-state index in [2.05, 4.69) is 13.8 Å². The van der Waals surface area contributed by atoms with Gasteiger partial charge in [-0.2, -0.15) is 0 Å². The maximum atomic E-state index is 8.33. The molecule has 0 radical (unpaired) electrons. The second-order valence-corrected chi connectivity index (χ2v) is 2.47. The second-order valence-electron chi connectivity index (χ2n) is 2.47. The lowest BCUT2D eigenvalue weighted by Crippen LogP contribution is -2.05. The van der Waals surface area contributed by atoms with E-state index in [1.54, 1.807) is 6.08 Å². The van der Waals surface area contributed by atoms with Crippen molar-refractivity contribution in [1.82, 2.24) is 0 Å². The van der Waals surface area contributed by atoms with Crippen molar-refractivity contribution >= 4 is 7.12 Å². The third-order valence-corrected chi connectivity index (χ3v) is 0.916. The van der Waals surface area contributed by atoms with Crippen LogP contribution in [0.1, 0.15) is 20.3 Å². The van der Waals surface area contributed by atoms with Crippen molar-refractivity contribution in [2.75, 3.05) is 0 Å². The van der Waals surface area contributed by atoms with Crippen LogP contribution in [0, 0.1) is 5.92 Å². The third kappa shape index (κ3) is 7.72. The van der Waals surface area contributed by atoms with Gasteiger partial charge in [0.1, 0.15) is 0 Å². The molecule has 2 N–H and O–H groups in total. The summed E-state index contributed by atoms with van der Waals surface area (Å²) in [5.74, 6) is 1.96. The van der Waals surface area contributed by atoms with E-state index < -0.39 is 7.12 Å². The molecule has 0 heterocycles. The van der Waals surface area contributed by atoms with Gasteiger partial charge in [0.2, 0.25) is 0 Å². The summed E-state index contributed by atoms with van der Waals surface area (Å²) < 4.78 is 0. The van der Waals surface area contributed by atoms with Crippen molar-refractivity contribution in [2.24, 2.45) is 5.92 Å². The van der Waals surface area contributed by atoms with Gasteiger partial charge in [0.05, 0.1) is 0 Å². The van der Waals surface area contributed by atoms with Gasteiger partial charge in [-0.15, -0.1) is 0 Å². The first-order chi connectivity index (χ1) is 4.13. The lowest BCUT2D eigenvalue weighted by molar-refractivity contribution is 0.424. The first-order valence-corrected chi connectivity index (χ1v) is 3.15. The van der Waals surface area contributed by atoms with Crippen molar-refractivity contribution < 1.29 is 10.0 Å². The maximum Gasteiger partial charge on any atom is 0.480 e. The minimum absolute atomic E-state index is 0.583. The summed E-state index contributed by atoms with van der Waals surface area (Å²) in [6.45, 7) is 4.15. The highest BCUT2D eigenvalue weighted by Gasteiger charge is 1.97. The molecule has 0 aliphatic heterocycles. The number of hydrogen-bond donors (Lipinski definition) is 2. The van der Waals surface area contributed by atoms with Crippen molar-refractivity contribution in [1.29, 1.82) is 0 Å². The molecule has 0 aliphatic carbocycles. The molecule has 0 saturated heterocycles. The minimum Gasteiger partial charge on any atom is -0.424 e. The molecule has 0 atom stereocenters. The van der Waals surface area contributed by atoms with Crippen LogP contribution < -0.4 is 0 Å². The first kappa shape index (κ1) is 8.72. The van der Waals surface area contributed by atoms with Gasteiger partial charge in [-0.1, -0.05) is 25.9 Å². The Balaban J connectivity index is 3.25. The second kappa shape index (κ2) is 4.59. The normalized spacial score (nSPS) is 11.2. The monoisotopic (exact) mass is 128 g/mol. The van der Waals surface area contributed by atoms with Gasteiger partial charge in [-0.25, -0.2) is 0 Å². The standard InChI is InChI=1S/C6H13BO2/c1-6(2)4-3-5-7(8)9/h3,5-6,8-9H,4H2,1-2H3/b5-3+. The smallest absolute Gasteiger partial charge is 0.424 e. The Morgan fingerprint density at radius 1 is 1.44 bits per heavy atom. The lowest BCUT2D eigenvalue weighted by Gasteiger charge is -1.95. The highest BCUT2D eigenvalue weighted by Crippen LogP contribution is 1.99. The lowest BCUT2D eigenvalue weighted by atomic mass is 9.90. The molecule has 0 unspecified atom stereocenters. The van der Waals surface area contributed by atoms with Crippen LogP contribution in [0.4, 0.5) is 0 Å². The molecule has 0 fully saturated rings. The zero-order valence-electron chi connectivity index (χ0n) is 5.91. The zero-order valence-corrected chi connectivity index (χ0v) is 5.91. The molecule has 0 spiro atoms. The van der Waals surface area contributed by atoms with Crippen molar-refractivity contribution in [3.63, 3.8) is 0 Å². The maximum absolute atomic E-state index is 8.33. The van der Waals surface area contributed by atoms with Gasteiger partial charge in [-0.3, -0.25) is 0 Å². The van der Waals surface area contributed by atoms with E-state index in [1.165, 1.54) is 5.98 Å². The fourth-order valence-corrected chi connectivity index (χ4v) is 0.472. The average molecular weight is 128 g/mol. The van der Waals surface area contributed by atoms with Crippen LogP contribution in [0.25, 0.3) is 0 Å². The van der Waals surface area contributed by atoms with E-state index in [0.29, 0.717) is 5.92 Å². The first-order valence-electron chi connectivity index (χ1n) is 3.15. The van der Waals surface area contributed by atoms with E-state index >= 15 is 0 Å². The van der Waals surface area contributed by atoms with Crippen molar-refractivity contribution in [3.05, 3.63) is 12.1 Å². The van der Waals surface area contributed by atoms with Gasteiger partial charge in [0.15, 0.2) is 0 Å². The summed E-state index contributed by atoms with van der Waals surface area (Å²) in [4.78, 5) is 0. The van der Waals surface area contributed by atoms with E-state index in [0.717, 1.165) is 6.42 Å². The van der Waals surface area contributed by atoms with E-state index in [-0.39, 0.29) is 0 Å². The molecule has 2 nitrogen and oxygen atoms in total. The molecule has 3 heteroatoms. The number of hydrogen-bond acceptors (Lipinski definition) is 2. The summed E-state index contributed by atoms with van der Waals surface area (Å²) in [5.41, 5.74) is 0. The largest absolute Gasteiger partial charge is 0.480 e. The Morgan fingerprint density at radius 2 is 2.00 bits per heavy atom. The predicted octanol–water partition coefficient (Wildman–Crippen LogP) is 0.601. The molecule has 0 bridgehead atoms. The fraction of sp³-hybridized carbons (Fsp3) is 0.667. The zero-order chi connectivity index (χ0) is 7.28. The molecule has 52 valence electrons. The molecule has 0 aromatic carbocycles. The SMILES string of the molecule is CC(C)C/C=C/B(O)O. The molecule has 0 rings (SSSR count). The van der Waals surface area contributed by atoms with Crippen LogP contribution in [-0.2, 0) is 0 Å². The predicted molar refractivity (Wildman–Crippen MR) is 38.8 cm³/mol. The van der Waals surface area contributed by atoms with Crippen LogP contribution in [0.3, 0.4) is 0 Å². The summed E-state index contributed by atoms with van der Waals surface area (Å²) in [5, 5.41) is 16.7. The molecule has 0 aliphatic rings. The van der Waals surface area contributed by atoms with E-state index in [9.17, 15) is 0 Å². The quantitative estimate of drug-likeness (QED) is 0.546. The van der Waals surface area contributed by atoms with Gasteiger partial charge < -0.3 is 10.0 Å². The van der Waals surface area contributed by atoms with Gasteiger partial charge in [0, 0.05) is 0 Å². The Morgan fingerprint density at radius 3 is 2.33 bits per heavy atom. The van der Waals surface area contributed by atoms with E-state index in [4.69, 9.17) is 10.0 Å². The summed E-state index contributed by atoms with van der Waals surface area (Å²) >= 11 is 0. The highest BCUT2D eigenvalue weighted by atomic mass is 16.4. The third-order valence-electron chi connectivity index (χ3n) is 0.916. The van der Waals surface area contributed by atoms with Gasteiger partial charge >= 0.3 is 7.12 Å². The van der Waals surface area contributed by atoms with E-state index in [1.807, 2.05) is 0 Å². The Labute approximate surface area is 56.4 Å². The Kier molecular flexibility index (Phi) is 4.45. The molecular formula is C6H13BO2. The number of allylic oxidation sites excluding steroid dienone is 1. The highest BCUT2D eigenvalue weighted by molar-refractivity contribution is 6.47. The van der Waals surface area contributed by atoms with Crippen LogP contribution in [0.2, 0.25) is 0 Å². The summed E-state index contributed by atoms with van der Waals surface area (Å²) in [6.07, 6.45) is 2.67. The average Bonchev–Trinajstić information content (AvgIpc) is 1.63. The molecular weight excluding hydrogens is 115 g/mol. The Bertz CT molecular complexity index is 89.1. The molecule has 9 heavy (non-hydrogen) atoms. The van der Waals surface area contributed by atoms with Gasteiger partial charge in [-0.05, 0) is 12.3 Å². The van der Waals surface area contributed by atoms with Crippen LogP contribution in [0.5, 0.6) is 0 Å². The van der Waals surface area contributed by atoms with Crippen molar-refractivity contribution in [2.45, 2.75) is 20.3 Å². The molecule has 0 aromatic heterocycles. The van der Waals surface area contributed by atoms with Crippen LogP contribution in [-0.4, -0.2) is 17.2 Å².